The number of carbonyl (C=O) groups is 2. The number of carboxylic acids is 1. The average molecular weight is 612 g/mol. The van der Waals surface area contributed by atoms with Crippen molar-refractivity contribution in [2.45, 2.75) is 42.4 Å². The second-order valence-corrected chi connectivity index (χ2v) is 10.2. The van der Waals surface area contributed by atoms with E-state index in [4.69, 9.17) is 0 Å². The molecular formula is C29H26FIN2O4. The highest BCUT2D eigenvalue weighted by atomic mass is 127. The second-order valence-electron chi connectivity index (χ2n) is 9.41. The summed E-state index contributed by atoms with van der Waals surface area (Å²) in [6, 6.07) is 14.1. The third kappa shape index (κ3) is 4.94. The lowest BCUT2D eigenvalue weighted by Gasteiger charge is -2.24. The van der Waals surface area contributed by atoms with Crippen molar-refractivity contribution in [1.82, 2.24) is 0 Å². The lowest BCUT2D eigenvalue weighted by molar-refractivity contribution is -0.112. The minimum Gasteiger partial charge on any atom is -0.505 e. The van der Waals surface area contributed by atoms with Crippen molar-refractivity contribution < 1.29 is 24.2 Å². The Morgan fingerprint density at radius 3 is 2.62 bits per heavy atom. The van der Waals surface area contributed by atoms with Gasteiger partial charge >= 0.3 is 5.97 Å². The first-order chi connectivity index (χ1) is 17.9. The molecule has 0 aromatic heterocycles. The molecule has 5 rings (SSSR count). The number of amides is 1. The van der Waals surface area contributed by atoms with E-state index in [9.17, 15) is 24.2 Å². The molecular weight excluding hydrogens is 586 g/mol. The van der Waals surface area contributed by atoms with Gasteiger partial charge in [-0.25, -0.2) is 9.18 Å². The van der Waals surface area contributed by atoms with Crippen LogP contribution in [0.4, 0.5) is 21.5 Å². The molecule has 0 atom stereocenters. The molecule has 0 bridgehead atoms. The van der Waals surface area contributed by atoms with Crippen LogP contribution < -0.4 is 10.2 Å². The summed E-state index contributed by atoms with van der Waals surface area (Å²) in [5.74, 6) is -1.55. The summed E-state index contributed by atoms with van der Waals surface area (Å²) < 4.78 is 15.0. The molecule has 8 heteroatoms. The number of anilines is 3. The topological polar surface area (TPSA) is 89.9 Å². The van der Waals surface area contributed by atoms with Gasteiger partial charge in [-0.3, -0.25) is 9.69 Å². The molecule has 1 amide bonds. The minimum atomic E-state index is -1.11. The highest BCUT2D eigenvalue weighted by Gasteiger charge is 2.34. The van der Waals surface area contributed by atoms with E-state index in [1.54, 1.807) is 12.1 Å². The number of hydrogen-bond acceptors (Lipinski definition) is 4. The minimum absolute atomic E-state index is 0.0419. The summed E-state index contributed by atoms with van der Waals surface area (Å²) in [6.07, 6.45) is 7.06. The predicted molar refractivity (Wildman–Crippen MR) is 150 cm³/mol. The van der Waals surface area contributed by atoms with Gasteiger partial charge in [-0.2, -0.15) is 0 Å². The summed E-state index contributed by atoms with van der Waals surface area (Å²) in [7, 11) is 0. The number of nitrogens with one attached hydrogen (secondary N) is 1. The van der Waals surface area contributed by atoms with Crippen molar-refractivity contribution in [2.24, 2.45) is 0 Å². The normalized spacial score (nSPS) is 16.8. The van der Waals surface area contributed by atoms with E-state index in [-0.39, 0.29) is 16.9 Å². The van der Waals surface area contributed by atoms with Crippen LogP contribution in [0.1, 0.15) is 65.1 Å². The largest absolute Gasteiger partial charge is 0.505 e. The second kappa shape index (κ2) is 10.5. The molecule has 0 saturated heterocycles. The SMILES string of the molecule is O=C(O)c1cccc(N2C(=O)/C(=C\Nc3cc(CI)cc(C4CCCCC4)c3O)c3cc(F)ccc32)c1. The predicted octanol–water partition coefficient (Wildman–Crippen LogP) is 7.34. The maximum Gasteiger partial charge on any atom is 0.335 e. The molecule has 1 saturated carbocycles. The molecule has 3 aromatic carbocycles. The van der Waals surface area contributed by atoms with Gasteiger partial charge in [0, 0.05) is 16.2 Å². The van der Waals surface area contributed by atoms with Crippen molar-refractivity contribution in [1.29, 1.82) is 0 Å². The van der Waals surface area contributed by atoms with E-state index in [0.717, 1.165) is 41.2 Å². The first-order valence-corrected chi connectivity index (χ1v) is 13.8. The Balaban J connectivity index is 1.54. The molecule has 1 aliphatic heterocycles. The van der Waals surface area contributed by atoms with E-state index in [1.165, 1.54) is 47.9 Å². The molecule has 0 radical (unpaired) electrons. The van der Waals surface area contributed by atoms with Crippen molar-refractivity contribution in [3.63, 3.8) is 0 Å². The van der Waals surface area contributed by atoms with Gasteiger partial charge < -0.3 is 15.5 Å². The number of fused-ring (bicyclic) bond motifs is 1. The van der Waals surface area contributed by atoms with Crippen LogP contribution in [0.5, 0.6) is 5.75 Å². The van der Waals surface area contributed by atoms with Crippen molar-refractivity contribution in [3.8, 4) is 5.75 Å². The zero-order valence-electron chi connectivity index (χ0n) is 20.0. The van der Waals surface area contributed by atoms with Crippen LogP contribution in [0.25, 0.3) is 5.57 Å². The molecule has 0 unspecified atom stereocenters. The molecule has 1 fully saturated rings. The highest BCUT2D eigenvalue weighted by molar-refractivity contribution is 14.1. The maximum atomic E-state index is 14.3. The molecule has 2 aliphatic rings. The lowest BCUT2D eigenvalue weighted by atomic mass is 9.83. The number of hydrogen-bond donors (Lipinski definition) is 3. The number of aromatic carboxylic acids is 1. The van der Waals surface area contributed by atoms with Gasteiger partial charge in [-0.1, -0.05) is 54.0 Å². The Labute approximate surface area is 228 Å². The monoisotopic (exact) mass is 612 g/mol. The third-order valence-electron chi connectivity index (χ3n) is 7.04. The molecule has 1 heterocycles. The van der Waals surface area contributed by atoms with E-state index in [0.29, 0.717) is 28.5 Å². The number of carbonyl (C=O) groups excluding carboxylic acids is 1. The number of phenols is 1. The molecule has 6 nitrogen and oxygen atoms in total. The number of alkyl halides is 1. The van der Waals surface area contributed by atoms with Crippen LogP contribution in [0.2, 0.25) is 0 Å². The highest BCUT2D eigenvalue weighted by Crippen LogP contribution is 2.44. The Bertz CT molecular complexity index is 1420. The average Bonchev–Trinajstić information content (AvgIpc) is 3.18. The van der Waals surface area contributed by atoms with Crippen LogP contribution in [0.15, 0.2) is 60.8 Å². The fourth-order valence-electron chi connectivity index (χ4n) is 5.22. The van der Waals surface area contributed by atoms with E-state index in [1.807, 2.05) is 6.07 Å². The van der Waals surface area contributed by atoms with Gasteiger partial charge in [0.1, 0.15) is 11.6 Å². The Hall–Kier alpha value is -3.40. The zero-order valence-corrected chi connectivity index (χ0v) is 22.2. The molecule has 37 heavy (non-hydrogen) atoms. The summed E-state index contributed by atoms with van der Waals surface area (Å²) in [6.45, 7) is 0. The Kier molecular flexibility index (Phi) is 7.19. The van der Waals surface area contributed by atoms with E-state index in [2.05, 4.69) is 34.0 Å². The van der Waals surface area contributed by atoms with Gasteiger partial charge in [-0.15, -0.1) is 0 Å². The fourth-order valence-corrected chi connectivity index (χ4v) is 5.66. The number of nitrogens with zero attached hydrogens (tertiary/aromatic N) is 1. The molecule has 3 N–H and O–H groups in total. The van der Waals surface area contributed by atoms with Crippen LogP contribution in [0, 0.1) is 5.82 Å². The summed E-state index contributed by atoms with van der Waals surface area (Å²) in [4.78, 5) is 26.5. The number of phenolic OH excluding ortho intramolecular Hbond substituents is 1. The standard InChI is InChI=1S/C29H26FIN2O4/c30-20-9-10-26-23(14-20)24(28(35)33(26)21-8-4-7-19(13-21)29(36)37)16-32-25-12-17(15-31)11-22(27(25)34)18-5-2-1-3-6-18/h4,7-14,16,18,32,34H,1-3,5-6,15H2,(H,36,37)/b24-16-. The number of rotatable bonds is 6. The Morgan fingerprint density at radius 1 is 1.11 bits per heavy atom. The van der Waals surface area contributed by atoms with Crippen molar-refractivity contribution in [3.05, 3.63) is 88.9 Å². The van der Waals surface area contributed by atoms with Crippen LogP contribution in [-0.4, -0.2) is 22.1 Å². The maximum absolute atomic E-state index is 14.3. The van der Waals surface area contributed by atoms with Gasteiger partial charge in [0.05, 0.1) is 28.2 Å². The summed E-state index contributed by atoms with van der Waals surface area (Å²) >= 11 is 2.29. The first-order valence-electron chi connectivity index (χ1n) is 12.2. The number of aromatic hydroxyl groups is 1. The fraction of sp³-hybridized carbons (Fsp3) is 0.241. The lowest BCUT2D eigenvalue weighted by Crippen LogP contribution is -2.21. The van der Waals surface area contributed by atoms with Crippen LogP contribution >= 0.6 is 22.6 Å². The molecule has 0 spiro atoms. The van der Waals surface area contributed by atoms with Gasteiger partial charge in [0.25, 0.3) is 5.91 Å². The first kappa shape index (κ1) is 25.3. The van der Waals surface area contributed by atoms with Gasteiger partial charge in [0.15, 0.2) is 0 Å². The molecule has 190 valence electrons. The molecule has 1 aliphatic carbocycles. The number of carboxylic acid groups (broad SMARTS) is 1. The quantitative estimate of drug-likeness (QED) is 0.117. The van der Waals surface area contributed by atoms with Crippen molar-refractivity contribution >= 4 is 57.1 Å². The van der Waals surface area contributed by atoms with E-state index < -0.39 is 17.7 Å². The van der Waals surface area contributed by atoms with Crippen LogP contribution in [0.3, 0.4) is 0 Å². The third-order valence-corrected chi connectivity index (χ3v) is 7.93. The van der Waals surface area contributed by atoms with Gasteiger partial charge in [-0.05, 0) is 72.4 Å². The summed E-state index contributed by atoms with van der Waals surface area (Å²) in [5, 5.41) is 23.7. The zero-order chi connectivity index (χ0) is 26.1. The van der Waals surface area contributed by atoms with Gasteiger partial charge in [0.2, 0.25) is 0 Å². The summed E-state index contributed by atoms with van der Waals surface area (Å²) in [5.41, 5.74) is 3.96. The molecule has 3 aromatic rings. The Morgan fingerprint density at radius 2 is 1.89 bits per heavy atom. The van der Waals surface area contributed by atoms with Crippen molar-refractivity contribution in [2.75, 3.05) is 10.2 Å². The van der Waals surface area contributed by atoms with E-state index >= 15 is 0 Å². The smallest absolute Gasteiger partial charge is 0.335 e. The van der Waals surface area contributed by atoms with Crippen LogP contribution in [-0.2, 0) is 9.22 Å². The number of benzene rings is 3. The number of halogens is 2.